The van der Waals surface area contributed by atoms with E-state index in [9.17, 15) is 9.59 Å². The van der Waals surface area contributed by atoms with E-state index in [-0.39, 0.29) is 12.5 Å². The predicted octanol–water partition coefficient (Wildman–Crippen LogP) is -0.0327. The van der Waals surface area contributed by atoms with Gasteiger partial charge in [0.05, 0.1) is 5.41 Å². The van der Waals surface area contributed by atoms with Gasteiger partial charge in [-0.05, 0) is 26.7 Å². The van der Waals surface area contributed by atoms with Crippen LogP contribution in [0.1, 0.15) is 26.7 Å². The lowest BCUT2D eigenvalue weighted by Crippen LogP contribution is -2.49. The highest BCUT2D eigenvalue weighted by Gasteiger charge is 2.29. The second-order valence-corrected chi connectivity index (χ2v) is 4.59. The first-order valence-corrected chi connectivity index (χ1v) is 5.58. The molecule has 0 bridgehead atoms. The Kier molecular flexibility index (Phi) is 6.75. The lowest BCUT2D eigenvalue weighted by Gasteiger charge is -2.24. The number of rotatable bonds is 8. The average molecular weight is 246 g/mol. The lowest BCUT2D eigenvalue weighted by atomic mass is 9.92. The second kappa shape index (κ2) is 7.24. The molecule has 100 valence electrons. The molecule has 0 aromatic rings. The Morgan fingerprint density at radius 2 is 2.06 bits per heavy atom. The maximum Gasteiger partial charge on any atom is 0.326 e. The van der Waals surface area contributed by atoms with Gasteiger partial charge in [0.2, 0.25) is 5.91 Å². The normalized spacial score (nSPS) is 13.2. The van der Waals surface area contributed by atoms with Crippen LogP contribution in [-0.4, -0.2) is 43.3 Å². The number of methoxy groups -OCH3 is 1. The molecule has 0 aromatic heterocycles. The highest BCUT2D eigenvalue weighted by Crippen LogP contribution is 2.13. The monoisotopic (exact) mass is 246 g/mol. The molecular weight excluding hydrogens is 224 g/mol. The maximum absolute atomic E-state index is 11.8. The van der Waals surface area contributed by atoms with Crippen molar-refractivity contribution in [2.45, 2.75) is 32.7 Å². The van der Waals surface area contributed by atoms with Crippen LogP contribution in [0.4, 0.5) is 0 Å². The Labute approximate surface area is 102 Å². The summed E-state index contributed by atoms with van der Waals surface area (Å²) in [6.07, 6.45) is 0.923. The SMILES string of the molecule is COCCCC(NC(=O)C(C)(C)CN)C(=O)O. The number of nitrogens with one attached hydrogen (secondary N) is 1. The number of carboxylic acid groups (broad SMARTS) is 1. The summed E-state index contributed by atoms with van der Waals surface area (Å²) in [6.45, 7) is 4.00. The molecule has 0 aliphatic carbocycles. The minimum Gasteiger partial charge on any atom is -0.480 e. The molecule has 1 unspecified atom stereocenters. The van der Waals surface area contributed by atoms with E-state index in [0.29, 0.717) is 19.4 Å². The van der Waals surface area contributed by atoms with E-state index in [1.54, 1.807) is 21.0 Å². The van der Waals surface area contributed by atoms with Gasteiger partial charge in [-0.25, -0.2) is 4.79 Å². The number of carbonyl (C=O) groups excluding carboxylic acids is 1. The van der Waals surface area contributed by atoms with Crippen LogP contribution in [0.5, 0.6) is 0 Å². The number of hydrogen-bond donors (Lipinski definition) is 3. The van der Waals surface area contributed by atoms with E-state index in [4.69, 9.17) is 15.6 Å². The first-order valence-electron chi connectivity index (χ1n) is 5.58. The Hall–Kier alpha value is -1.14. The molecule has 4 N–H and O–H groups in total. The number of aliphatic carboxylic acids is 1. The summed E-state index contributed by atoms with van der Waals surface area (Å²) in [5.74, 6) is -1.38. The summed E-state index contributed by atoms with van der Waals surface area (Å²) in [5, 5.41) is 11.5. The van der Waals surface area contributed by atoms with Gasteiger partial charge in [-0.15, -0.1) is 0 Å². The van der Waals surface area contributed by atoms with Crippen molar-refractivity contribution in [1.29, 1.82) is 0 Å². The van der Waals surface area contributed by atoms with Crippen LogP contribution in [-0.2, 0) is 14.3 Å². The summed E-state index contributed by atoms with van der Waals surface area (Å²) < 4.78 is 4.84. The Morgan fingerprint density at radius 1 is 1.47 bits per heavy atom. The first kappa shape index (κ1) is 15.9. The van der Waals surface area contributed by atoms with E-state index < -0.39 is 17.4 Å². The van der Waals surface area contributed by atoms with Crippen LogP contribution in [0.25, 0.3) is 0 Å². The largest absolute Gasteiger partial charge is 0.480 e. The molecule has 0 spiro atoms. The zero-order valence-corrected chi connectivity index (χ0v) is 10.7. The molecule has 0 radical (unpaired) electrons. The molecule has 0 saturated carbocycles. The van der Waals surface area contributed by atoms with Crippen molar-refractivity contribution in [3.8, 4) is 0 Å². The molecule has 0 fully saturated rings. The number of amides is 1. The van der Waals surface area contributed by atoms with Gasteiger partial charge in [-0.1, -0.05) is 0 Å². The topological polar surface area (TPSA) is 102 Å². The first-order chi connectivity index (χ1) is 7.85. The fourth-order valence-corrected chi connectivity index (χ4v) is 1.14. The quantitative estimate of drug-likeness (QED) is 0.522. The Bertz CT molecular complexity index is 266. The molecule has 17 heavy (non-hydrogen) atoms. The van der Waals surface area contributed by atoms with Gasteiger partial charge < -0.3 is 20.9 Å². The fourth-order valence-electron chi connectivity index (χ4n) is 1.14. The molecule has 0 aromatic carbocycles. The molecule has 6 nitrogen and oxygen atoms in total. The highest BCUT2D eigenvalue weighted by atomic mass is 16.5. The van der Waals surface area contributed by atoms with Crippen LogP contribution >= 0.6 is 0 Å². The zero-order chi connectivity index (χ0) is 13.5. The molecule has 6 heteroatoms. The lowest BCUT2D eigenvalue weighted by molar-refractivity contribution is -0.143. The summed E-state index contributed by atoms with van der Waals surface area (Å²) in [7, 11) is 1.55. The third kappa shape index (κ3) is 5.65. The van der Waals surface area contributed by atoms with Crippen molar-refractivity contribution < 1.29 is 19.4 Å². The van der Waals surface area contributed by atoms with Crippen molar-refractivity contribution in [1.82, 2.24) is 5.32 Å². The molecular formula is C11H22N2O4. The predicted molar refractivity (Wildman–Crippen MR) is 63.5 cm³/mol. The fraction of sp³-hybridized carbons (Fsp3) is 0.818. The number of carbonyl (C=O) groups is 2. The van der Waals surface area contributed by atoms with E-state index in [2.05, 4.69) is 5.32 Å². The number of carboxylic acids is 1. The maximum atomic E-state index is 11.8. The number of hydrogen-bond acceptors (Lipinski definition) is 4. The van der Waals surface area contributed by atoms with Crippen molar-refractivity contribution in [3.63, 3.8) is 0 Å². The molecule has 0 heterocycles. The highest BCUT2D eigenvalue weighted by molar-refractivity contribution is 5.87. The van der Waals surface area contributed by atoms with Gasteiger partial charge in [0.1, 0.15) is 6.04 Å². The molecule has 0 aliphatic rings. The van der Waals surface area contributed by atoms with Gasteiger partial charge in [0, 0.05) is 20.3 Å². The number of nitrogens with two attached hydrogens (primary N) is 1. The van der Waals surface area contributed by atoms with E-state index in [0.717, 1.165) is 0 Å². The van der Waals surface area contributed by atoms with E-state index in [1.165, 1.54) is 0 Å². The van der Waals surface area contributed by atoms with Crippen molar-refractivity contribution >= 4 is 11.9 Å². The van der Waals surface area contributed by atoms with Crippen LogP contribution < -0.4 is 11.1 Å². The number of ether oxygens (including phenoxy) is 1. The zero-order valence-electron chi connectivity index (χ0n) is 10.7. The molecule has 1 amide bonds. The summed E-state index contributed by atoms with van der Waals surface area (Å²) >= 11 is 0. The van der Waals surface area contributed by atoms with Gasteiger partial charge in [0.15, 0.2) is 0 Å². The average Bonchev–Trinajstić information content (AvgIpc) is 2.27. The van der Waals surface area contributed by atoms with Crippen LogP contribution in [0.15, 0.2) is 0 Å². The second-order valence-electron chi connectivity index (χ2n) is 4.59. The standard InChI is InChI=1S/C11H22N2O4/c1-11(2,7-12)10(16)13-8(9(14)15)5-4-6-17-3/h8H,4-7,12H2,1-3H3,(H,13,16)(H,14,15). The van der Waals surface area contributed by atoms with E-state index in [1.807, 2.05) is 0 Å². The van der Waals surface area contributed by atoms with Crippen LogP contribution in [0, 0.1) is 5.41 Å². The van der Waals surface area contributed by atoms with Gasteiger partial charge in [0.25, 0.3) is 0 Å². The van der Waals surface area contributed by atoms with Crippen molar-refractivity contribution in [3.05, 3.63) is 0 Å². The van der Waals surface area contributed by atoms with Crippen LogP contribution in [0.2, 0.25) is 0 Å². The Morgan fingerprint density at radius 3 is 2.47 bits per heavy atom. The molecule has 0 aliphatic heterocycles. The van der Waals surface area contributed by atoms with Gasteiger partial charge in [-0.3, -0.25) is 4.79 Å². The Balaban J connectivity index is 4.35. The minimum atomic E-state index is -1.04. The van der Waals surface area contributed by atoms with Crippen molar-refractivity contribution in [2.75, 3.05) is 20.3 Å². The van der Waals surface area contributed by atoms with Crippen LogP contribution in [0.3, 0.4) is 0 Å². The minimum absolute atomic E-state index is 0.170. The van der Waals surface area contributed by atoms with Gasteiger partial charge in [-0.2, -0.15) is 0 Å². The molecule has 0 rings (SSSR count). The third-order valence-corrected chi connectivity index (χ3v) is 2.57. The molecule has 0 saturated heterocycles. The third-order valence-electron chi connectivity index (χ3n) is 2.57. The summed E-state index contributed by atoms with van der Waals surface area (Å²) in [5.41, 5.74) is 4.70. The van der Waals surface area contributed by atoms with E-state index >= 15 is 0 Å². The summed E-state index contributed by atoms with van der Waals surface area (Å²) in [4.78, 5) is 22.7. The van der Waals surface area contributed by atoms with Gasteiger partial charge >= 0.3 is 5.97 Å². The van der Waals surface area contributed by atoms with Crippen molar-refractivity contribution in [2.24, 2.45) is 11.1 Å². The molecule has 1 atom stereocenters. The summed E-state index contributed by atoms with van der Waals surface area (Å²) in [6, 6.07) is -0.886. The smallest absolute Gasteiger partial charge is 0.326 e.